The molecule has 1 N–H and O–H groups in total. The van der Waals surface area contributed by atoms with Crippen LogP contribution in [0.15, 0.2) is 78.6 Å². The number of hydrogen-bond donors (Lipinski definition) is 1. The summed E-state index contributed by atoms with van der Waals surface area (Å²) >= 11 is 0. The standard InChI is InChI=1S/C29H30N2O4/c1-19(2)13-15-35-24-8-4-7-23(16-24)26-25(27(32)22-11-9-20(3)10-12-22)28(33)29(34)31(26)18-21-6-5-14-30-17-21/h4-12,14,16-17,19,26,32H,13,15,18H2,1-3H3. The minimum atomic E-state index is -0.759. The molecule has 0 radical (unpaired) electrons. The number of aryl methyl sites for hydroxylation is 1. The molecule has 6 heteroatoms. The van der Waals surface area contributed by atoms with E-state index in [1.807, 2.05) is 49.4 Å². The molecule has 2 aromatic carbocycles. The Kier molecular flexibility index (Phi) is 7.30. The zero-order valence-electron chi connectivity index (χ0n) is 20.3. The predicted molar refractivity (Wildman–Crippen MR) is 135 cm³/mol. The van der Waals surface area contributed by atoms with Crippen LogP contribution < -0.4 is 4.74 Å². The van der Waals surface area contributed by atoms with E-state index in [2.05, 4.69) is 18.8 Å². The van der Waals surface area contributed by atoms with Crippen molar-refractivity contribution in [3.05, 3.63) is 101 Å². The number of pyridine rings is 1. The highest BCUT2D eigenvalue weighted by atomic mass is 16.5. The van der Waals surface area contributed by atoms with E-state index in [0.29, 0.717) is 29.4 Å². The second kappa shape index (κ2) is 10.6. The van der Waals surface area contributed by atoms with E-state index in [4.69, 9.17) is 4.74 Å². The Morgan fingerprint density at radius 3 is 2.54 bits per heavy atom. The molecule has 180 valence electrons. The summed E-state index contributed by atoms with van der Waals surface area (Å²) in [6.07, 6.45) is 4.24. The number of rotatable bonds is 8. The molecule has 0 spiro atoms. The number of carbonyl (C=O) groups excluding carboxylic acids is 2. The van der Waals surface area contributed by atoms with Crippen molar-refractivity contribution in [2.24, 2.45) is 5.92 Å². The second-order valence-electron chi connectivity index (χ2n) is 9.26. The highest BCUT2D eigenvalue weighted by Gasteiger charge is 2.46. The Hall–Kier alpha value is -3.93. The van der Waals surface area contributed by atoms with Crippen molar-refractivity contribution in [1.29, 1.82) is 0 Å². The lowest BCUT2D eigenvalue weighted by molar-refractivity contribution is -0.140. The monoisotopic (exact) mass is 470 g/mol. The molecule has 0 aliphatic carbocycles. The van der Waals surface area contributed by atoms with Gasteiger partial charge in [-0.1, -0.05) is 61.9 Å². The van der Waals surface area contributed by atoms with Crippen LogP contribution in [0.25, 0.3) is 5.76 Å². The molecule has 6 nitrogen and oxygen atoms in total. The zero-order chi connectivity index (χ0) is 24.9. The molecule has 35 heavy (non-hydrogen) atoms. The highest BCUT2D eigenvalue weighted by molar-refractivity contribution is 6.46. The molecule has 1 saturated heterocycles. The van der Waals surface area contributed by atoms with Gasteiger partial charge in [0, 0.05) is 24.5 Å². The van der Waals surface area contributed by atoms with Crippen LogP contribution in [0.2, 0.25) is 0 Å². The first-order valence-electron chi connectivity index (χ1n) is 11.8. The quantitative estimate of drug-likeness (QED) is 0.270. The lowest BCUT2D eigenvalue weighted by Crippen LogP contribution is -2.29. The maximum Gasteiger partial charge on any atom is 0.295 e. The van der Waals surface area contributed by atoms with Crippen molar-refractivity contribution in [3.8, 4) is 5.75 Å². The lowest BCUT2D eigenvalue weighted by Gasteiger charge is -2.25. The average molecular weight is 471 g/mol. The second-order valence-corrected chi connectivity index (χ2v) is 9.26. The van der Waals surface area contributed by atoms with Gasteiger partial charge in [0.2, 0.25) is 0 Å². The number of Topliss-reactive ketones (excluding diaryl/α,β-unsaturated/α-hetero) is 1. The fourth-order valence-corrected chi connectivity index (χ4v) is 4.13. The van der Waals surface area contributed by atoms with Crippen molar-refractivity contribution in [3.63, 3.8) is 0 Å². The number of aliphatic hydroxyl groups excluding tert-OH is 1. The third-order valence-corrected chi connectivity index (χ3v) is 6.08. The van der Waals surface area contributed by atoms with Gasteiger partial charge in [-0.05, 0) is 48.6 Å². The summed E-state index contributed by atoms with van der Waals surface area (Å²) in [7, 11) is 0. The van der Waals surface area contributed by atoms with Gasteiger partial charge in [0.15, 0.2) is 0 Å². The normalized spacial score (nSPS) is 17.3. The van der Waals surface area contributed by atoms with Gasteiger partial charge in [0.05, 0.1) is 18.2 Å². The first-order valence-corrected chi connectivity index (χ1v) is 11.8. The summed E-state index contributed by atoms with van der Waals surface area (Å²) in [5.41, 5.74) is 3.08. The van der Waals surface area contributed by atoms with E-state index in [9.17, 15) is 14.7 Å². The molecule has 3 aromatic rings. The van der Waals surface area contributed by atoms with E-state index < -0.39 is 17.7 Å². The molecule has 0 saturated carbocycles. The van der Waals surface area contributed by atoms with Crippen molar-refractivity contribution >= 4 is 17.4 Å². The van der Waals surface area contributed by atoms with E-state index in [1.54, 1.807) is 30.6 Å². The molecule has 1 atom stereocenters. The number of aliphatic hydroxyl groups is 1. The first kappa shape index (κ1) is 24.2. The number of ether oxygens (including phenoxy) is 1. The number of amides is 1. The highest BCUT2D eigenvalue weighted by Crippen LogP contribution is 2.41. The van der Waals surface area contributed by atoms with Gasteiger partial charge in [-0.2, -0.15) is 0 Å². The maximum atomic E-state index is 13.2. The number of nitrogens with zero attached hydrogens (tertiary/aromatic N) is 2. The van der Waals surface area contributed by atoms with Gasteiger partial charge in [-0.3, -0.25) is 14.6 Å². The van der Waals surface area contributed by atoms with Crippen molar-refractivity contribution in [2.45, 2.75) is 39.8 Å². The first-order chi connectivity index (χ1) is 16.8. The summed E-state index contributed by atoms with van der Waals surface area (Å²) < 4.78 is 5.94. The number of carbonyl (C=O) groups is 2. The lowest BCUT2D eigenvalue weighted by atomic mass is 9.94. The van der Waals surface area contributed by atoms with Gasteiger partial charge in [0.25, 0.3) is 11.7 Å². The molecular formula is C29H30N2O4. The van der Waals surface area contributed by atoms with E-state index in [1.165, 1.54) is 4.90 Å². The Morgan fingerprint density at radius 2 is 1.86 bits per heavy atom. The summed E-state index contributed by atoms with van der Waals surface area (Å²) in [5.74, 6) is -0.375. The molecule has 1 unspecified atom stereocenters. The molecule has 1 amide bonds. The van der Waals surface area contributed by atoms with Crippen molar-refractivity contribution < 1.29 is 19.4 Å². The Balaban J connectivity index is 1.78. The maximum absolute atomic E-state index is 13.2. The van der Waals surface area contributed by atoms with Crippen LogP contribution in [0.5, 0.6) is 5.75 Å². The van der Waals surface area contributed by atoms with E-state index in [-0.39, 0.29) is 17.9 Å². The van der Waals surface area contributed by atoms with Crippen LogP contribution in [-0.4, -0.2) is 33.3 Å². The molecule has 0 bridgehead atoms. The van der Waals surface area contributed by atoms with Gasteiger partial charge in [-0.25, -0.2) is 0 Å². The molecule has 1 aliphatic heterocycles. The zero-order valence-corrected chi connectivity index (χ0v) is 20.3. The van der Waals surface area contributed by atoms with Crippen LogP contribution in [0.1, 0.15) is 48.6 Å². The van der Waals surface area contributed by atoms with Crippen molar-refractivity contribution in [2.75, 3.05) is 6.61 Å². The molecular weight excluding hydrogens is 440 g/mol. The smallest absolute Gasteiger partial charge is 0.295 e. The third-order valence-electron chi connectivity index (χ3n) is 6.08. The number of aromatic nitrogens is 1. The Morgan fingerprint density at radius 1 is 1.09 bits per heavy atom. The van der Waals surface area contributed by atoms with Gasteiger partial charge in [0.1, 0.15) is 11.5 Å². The molecule has 1 aliphatic rings. The van der Waals surface area contributed by atoms with Gasteiger partial charge >= 0.3 is 0 Å². The molecule has 2 heterocycles. The average Bonchev–Trinajstić information content (AvgIpc) is 3.09. The number of likely N-dealkylation sites (tertiary alicyclic amines) is 1. The fourth-order valence-electron chi connectivity index (χ4n) is 4.13. The molecule has 1 aromatic heterocycles. The SMILES string of the molecule is Cc1ccc(C(O)=C2C(=O)C(=O)N(Cc3cccnc3)C2c2cccc(OCCC(C)C)c2)cc1. The predicted octanol–water partition coefficient (Wildman–Crippen LogP) is 5.44. The fraction of sp³-hybridized carbons (Fsp3) is 0.276. The van der Waals surface area contributed by atoms with E-state index in [0.717, 1.165) is 17.5 Å². The van der Waals surface area contributed by atoms with Crippen molar-refractivity contribution in [1.82, 2.24) is 9.88 Å². The summed E-state index contributed by atoms with van der Waals surface area (Å²) in [6.45, 7) is 6.97. The Labute approximate surface area is 205 Å². The Bertz CT molecular complexity index is 1230. The van der Waals surface area contributed by atoms with Crippen LogP contribution >= 0.6 is 0 Å². The summed E-state index contributed by atoms with van der Waals surface area (Å²) in [4.78, 5) is 32.1. The molecule has 1 fully saturated rings. The van der Waals surface area contributed by atoms with Gasteiger partial charge in [-0.15, -0.1) is 0 Å². The number of hydrogen-bond acceptors (Lipinski definition) is 5. The van der Waals surface area contributed by atoms with Crippen LogP contribution in [0.3, 0.4) is 0 Å². The van der Waals surface area contributed by atoms with Crippen LogP contribution in [-0.2, 0) is 16.1 Å². The third kappa shape index (κ3) is 5.43. The molecule has 4 rings (SSSR count). The van der Waals surface area contributed by atoms with E-state index >= 15 is 0 Å². The number of benzene rings is 2. The largest absolute Gasteiger partial charge is 0.507 e. The topological polar surface area (TPSA) is 79.7 Å². The number of ketones is 1. The minimum Gasteiger partial charge on any atom is -0.507 e. The van der Waals surface area contributed by atoms with Crippen LogP contribution in [0.4, 0.5) is 0 Å². The van der Waals surface area contributed by atoms with Crippen LogP contribution in [0, 0.1) is 12.8 Å². The van der Waals surface area contributed by atoms with Gasteiger partial charge < -0.3 is 14.7 Å². The summed E-state index contributed by atoms with van der Waals surface area (Å²) in [5, 5.41) is 11.2. The summed E-state index contributed by atoms with van der Waals surface area (Å²) in [6, 6.07) is 17.5. The minimum absolute atomic E-state index is 0.0714.